The number of hydrogen-bond donors (Lipinski definition) is 1. The molecule has 2 atom stereocenters. The Balaban J connectivity index is 1.98. The molecule has 1 N–H and O–H groups in total. The summed E-state index contributed by atoms with van der Waals surface area (Å²) < 4.78 is 5.53. The van der Waals surface area contributed by atoms with Crippen molar-refractivity contribution in [1.29, 1.82) is 0 Å². The van der Waals surface area contributed by atoms with Crippen molar-refractivity contribution in [3.05, 3.63) is 29.8 Å². The summed E-state index contributed by atoms with van der Waals surface area (Å²) in [6.45, 7) is 6.17. The van der Waals surface area contributed by atoms with Gasteiger partial charge in [0.2, 0.25) is 0 Å². The van der Waals surface area contributed by atoms with Crippen LogP contribution in [0.2, 0.25) is 0 Å². The molecule has 0 aromatic heterocycles. The summed E-state index contributed by atoms with van der Waals surface area (Å²) in [5.74, 6) is 1.70. The van der Waals surface area contributed by atoms with E-state index < -0.39 is 0 Å². The summed E-state index contributed by atoms with van der Waals surface area (Å²) >= 11 is 0. The maximum atomic E-state index is 5.53. The van der Waals surface area contributed by atoms with Crippen molar-refractivity contribution in [2.24, 2.45) is 0 Å². The lowest BCUT2D eigenvalue weighted by atomic mass is 9.90. The normalized spacial score (nSPS) is 23.3. The molecule has 0 aliphatic heterocycles. The van der Waals surface area contributed by atoms with Gasteiger partial charge in [-0.1, -0.05) is 31.9 Å². The number of benzene rings is 1. The van der Waals surface area contributed by atoms with E-state index >= 15 is 0 Å². The SMILES string of the molecule is CCCNC1CCCCC(c2ccc(OCC)cc2)C1. The molecule has 2 nitrogen and oxygen atoms in total. The molecule has 0 heterocycles. The number of rotatable bonds is 6. The molecular weight excluding hydrogens is 246 g/mol. The Bertz CT molecular complexity index is 374. The molecule has 0 spiro atoms. The largest absolute Gasteiger partial charge is 0.494 e. The van der Waals surface area contributed by atoms with Gasteiger partial charge >= 0.3 is 0 Å². The Morgan fingerprint density at radius 2 is 1.85 bits per heavy atom. The Kier molecular flexibility index (Phi) is 6.38. The lowest BCUT2D eigenvalue weighted by Crippen LogP contribution is -2.30. The van der Waals surface area contributed by atoms with Gasteiger partial charge in [0.05, 0.1) is 6.61 Å². The first-order valence-corrected chi connectivity index (χ1v) is 8.29. The van der Waals surface area contributed by atoms with E-state index in [2.05, 4.69) is 36.5 Å². The van der Waals surface area contributed by atoms with Gasteiger partial charge in [0.1, 0.15) is 5.75 Å². The zero-order valence-corrected chi connectivity index (χ0v) is 13.0. The fraction of sp³-hybridized carbons (Fsp3) is 0.667. The van der Waals surface area contributed by atoms with Gasteiger partial charge in [-0.15, -0.1) is 0 Å². The van der Waals surface area contributed by atoms with Gasteiger partial charge < -0.3 is 10.1 Å². The van der Waals surface area contributed by atoms with Gasteiger partial charge in [-0.05, 0) is 62.8 Å². The smallest absolute Gasteiger partial charge is 0.119 e. The fourth-order valence-electron chi connectivity index (χ4n) is 3.20. The molecule has 1 aliphatic rings. The molecule has 0 saturated heterocycles. The molecule has 20 heavy (non-hydrogen) atoms. The quantitative estimate of drug-likeness (QED) is 0.772. The molecular formula is C18H29NO. The Labute approximate surface area is 123 Å². The topological polar surface area (TPSA) is 21.3 Å². The third-order valence-corrected chi connectivity index (χ3v) is 4.27. The number of hydrogen-bond acceptors (Lipinski definition) is 2. The van der Waals surface area contributed by atoms with E-state index in [0.29, 0.717) is 12.0 Å². The molecule has 1 aromatic carbocycles. The van der Waals surface area contributed by atoms with Crippen LogP contribution in [0.1, 0.15) is 63.9 Å². The standard InChI is InChI=1S/C18H29NO/c1-3-13-19-17-8-6-5-7-16(14-17)15-9-11-18(12-10-15)20-4-2/h9-12,16-17,19H,3-8,13-14H2,1-2H3. The van der Waals surface area contributed by atoms with Crippen molar-refractivity contribution in [3.8, 4) is 5.75 Å². The minimum Gasteiger partial charge on any atom is -0.494 e. The van der Waals surface area contributed by atoms with E-state index in [-0.39, 0.29) is 0 Å². The number of ether oxygens (including phenoxy) is 1. The summed E-state index contributed by atoms with van der Waals surface area (Å²) in [7, 11) is 0. The lowest BCUT2D eigenvalue weighted by molar-refractivity contribution is 0.340. The molecule has 2 rings (SSSR count). The van der Waals surface area contributed by atoms with Crippen molar-refractivity contribution < 1.29 is 4.74 Å². The fourth-order valence-corrected chi connectivity index (χ4v) is 3.20. The molecule has 0 bridgehead atoms. The van der Waals surface area contributed by atoms with E-state index in [4.69, 9.17) is 4.74 Å². The predicted molar refractivity (Wildman–Crippen MR) is 85.5 cm³/mol. The van der Waals surface area contributed by atoms with Crippen LogP contribution < -0.4 is 10.1 Å². The van der Waals surface area contributed by atoms with E-state index in [0.717, 1.165) is 18.9 Å². The van der Waals surface area contributed by atoms with Gasteiger partial charge in [0, 0.05) is 6.04 Å². The molecule has 2 unspecified atom stereocenters. The van der Waals surface area contributed by atoms with E-state index in [1.807, 2.05) is 6.92 Å². The summed E-state index contributed by atoms with van der Waals surface area (Å²) in [5.41, 5.74) is 1.48. The minimum absolute atomic E-state index is 0.703. The molecule has 2 heteroatoms. The average molecular weight is 275 g/mol. The summed E-state index contributed by atoms with van der Waals surface area (Å²) in [6.07, 6.45) is 7.92. The maximum Gasteiger partial charge on any atom is 0.119 e. The lowest BCUT2D eigenvalue weighted by Gasteiger charge is -2.21. The van der Waals surface area contributed by atoms with Crippen LogP contribution >= 0.6 is 0 Å². The molecule has 1 fully saturated rings. The van der Waals surface area contributed by atoms with Crippen molar-refractivity contribution in [2.75, 3.05) is 13.2 Å². The first-order chi connectivity index (χ1) is 9.83. The highest BCUT2D eigenvalue weighted by atomic mass is 16.5. The summed E-state index contributed by atoms with van der Waals surface area (Å²) in [4.78, 5) is 0. The minimum atomic E-state index is 0.703. The van der Waals surface area contributed by atoms with Crippen LogP contribution in [-0.2, 0) is 0 Å². The monoisotopic (exact) mass is 275 g/mol. The molecule has 112 valence electrons. The second-order valence-electron chi connectivity index (χ2n) is 5.87. The molecule has 1 aromatic rings. The molecule has 0 radical (unpaired) electrons. The second kappa shape index (κ2) is 8.31. The van der Waals surface area contributed by atoms with E-state index in [9.17, 15) is 0 Å². The Morgan fingerprint density at radius 1 is 1.10 bits per heavy atom. The van der Waals surface area contributed by atoms with Gasteiger partial charge in [-0.2, -0.15) is 0 Å². The van der Waals surface area contributed by atoms with Crippen molar-refractivity contribution in [2.45, 2.75) is 64.3 Å². The van der Waals surface area contributed by atoms with Crippen LogP contribution in [0.25, 0.3) is 0 Å². The number of nitrogens with one attached hydrogen (secondary N) is 1. The molecule has 1 saturated carbocycles. The summed E-state index contributed by atoms with van der Waals surface area (Å²) in [5, 5.41) is 3.72. The molecule has 0 amide bonds. The van der Waals surface area contributed by atoms with Gasteiger partial charge in [0.25, 0.3) is 0 Å². The second-order valence-corrected chi connectivity index (χ2v) is 5.87. The van der Waals surface area contributed by atoms with Crippen molar-refractivity contribution in [3.63, 3.8) is 0 Å². The van der Waals surface area contributed by atoms with Crippen molar-refractivity contribution in [1.82, 2.24) is 5.32 Å². The first kappa shape index (κ1) is 15.4. The highest BCUT2D eigenvalue weighted by Crippen LogP contribution is 2.32. The van der Waals surface area contributed by atoms with Crippen LogP contribution in [0.4, 0.5) is 0 Å². The van der Waals surface area contributed by atoms with Crippen LogP contribution in [0, 0.1) is 0 Å². The molecule has 1 aliphatic carbocycles. The highest BCUT2D eigenvalue weighted by molar-refractivity contribution is 5.29. The van der Waals surface area contributed by atoms with E-state index in [1.165, 1.54) is 44.1 Å². The average Bonchev–Trinajstić information content (AvgIpc) is 2.72. The van der Waals surface area contributed by atoms with E-state index in [1.54, 1.807) is 0 Å². The predicted octanol–water partition coefficient (Wildman–Crippen LogP) is 4.50. The van der Waals surface area contributed by atoms with Crippen molar-refractivity contribution >= 4 is 0 Å². The zero-order chi connectivity index (χ0) is 14.2. The Morgan fingerprint density at radius 3 is 2.55 bits per heavy atom. The van der Waals surface area contributed by atoms with Crippen LogP contribution in [-0.4, -0.2) is 19.2 Å². The van der Waals surface area contributed by atoms with Crippen LogP contribution in [0.5, 0.6) is 5.75 Å². The third kappa shape index (κ3) is 4.52. The van der Waals surface area contributed by atoms with Gasteiger partial charge in [0.15, 0.2) is 0 Å². The maximum absolute atomic E-state index is 5.53. The highest BCUT2D eigenvalue weighted by Gasteiger charge is 2.20. The van der Waals surface area contributed by atoms with Crippen LogP contribution in [0.15, 0.2) is 24.3 Å². The Hall–Kier alpha value is -1.02. The third-order valence-electron chi connectivity index (χ3n) is 4.27. The zero-order valence-electron chi connectivity index (χ0n) is 13.0. The summed E-state index contributed by atoms with van der Waals surface area (Å²) in [6, 6.07) is 9.47. The van der Waals surface area contributed by atoms with Gasteiger partial charge in [-0.3, -0.25) is 0 Å². The first-order valence-electron chi connectivity index (χ1n) is 8.29. The van der Waals surface area contributed by atoms with Crippen LogP contribution in [0.3, 0.4) is 0 Å². The van der Waals surface area contributed by atoms with Gasteiger partial charge in [-0.25, -0.2) is 0 Å².